The molecule has 0 radical (unpaired) electrons. The molecule has 4 aliphatic rings. The standard InChI is InChI=1S/C27H45FO/c1-17(2)6-5-7-18(3)25-10-11-26-24-14-19(16-28)23-15-20(29)8-9-21(23)22(24)12-13-27(25,26)4/h17-20,22,24-26,29H,5-16H2,1-4H3/t18-,19?,20+,22-,24?,25-,26+,27-/m1/s1. The molecule has 0 aliphatic heterocycles. The largest absolute Gasteiger partial charge is 0.393 e. The highest BCUT2D eigenvalue weighted by Crippen LogP contribution is 2.65. The van der Waals surface area contributed by atoms with E-state index in [1.165, 1.54) is 50.5 Å². The summed E-state index contributed by atoms with van der Waals surface area (Å²) in [6.07, 6.45) is 13.1. The van der Waals surface area contributed by atoms with E-state index in [4.69, 9.17) is 0 Å². The van der Waals surface area contributed by atoms with Gasteiger partial charge in [0.15, 0.2) is 0 Å². The van der Waals surface area contributed by atoms with E-state index < -0.39 is 0 Å². The van der Waals surface area contributed by atoms with Crippen molar-refractivity contribution < 1.29 is 9.50 Å². The van der Waals surface area contributed by atoms with Gasteiger partial charge >= 0.3 is 0 Å². The highest BCUT2D eigenvalue weighted by molar-refractivity contribution is 5.29. The Morgan fingerprint density at radius 3 is 2.59 bits per heavy atom. The first-order valence-electron chi connectivity index (χ1n) is 12.8. The van der Waals surface area contributed by atoms with Gasteiger partial charge in [-0.3, -0.25) is 4.39 Å². The monoisotopic (exact) mass is 404 g/mol. The van der Waals surface area contributed by atoms with Crippen LogP contribution in [0.25, 0.3) is 0 Å². The topological polar surface area (TPSA) is 20.2 Å². The summed E-state index contributed by atoms with van der Waals surface area (Å²) in [4.78, 5) is 0. The summed E-state index contributed by atoms with van der Waals surface area (Å²) < 4.78 is 14.1. The van der Waals surface area contributed by atoms with Crippen molar-refractivity contribution in [3.63, 3.8) is 0 Å². The lowest BCUT2D eigenvalue weighted by Crippen LogP contribution is -2.46. The van der Waals surface area contributed by atoms with Gasteiger partial charge in [-0.15, -0.1) is 0 Å². The van der Waals surface area contributed by atoms with Crippen LogP contribution < -0.4 is 0 Å². The van der Waals surface area contributed by atoms with E-state index in [0.717, 1.165) is 49.4 Å². The van der Waals surface area contributed by atoms with Crippen molar-refractivity contribution in [3.8, 4) is 0 Å². The molecule has 0 bridgehead atoms. The van der Waals surface area contributed by atoms with Crippen LogP contribution in [-0.4, -0.2) is 17.9 Å². The highest BCUT2D eigenvalue weighted by atomic mass is 19.1. The Labute approximate surface area is 178 Å². The Morgan fingerprint density at radius 1 is 1.07 bits per heavy atom. The first kappa shape index (κ1) is 21.8. The van der Waals surface area contributed by atoms with E-state index in [2.05, 4.69) is 27.7 Å². The molecule has 8 atom stereocenters. The highest BCUT2D eigenvalue weighted by Gasteiger charge is 2.56. The maximum atomic E-state index is 14.1. The third-order valence-electron chi connectivity index (χ3n) is 9.94. The molecule has 4 aliphatic carbocycles. The molecule has 2 heteroatoms. The number of hydrogen-bond acceptors (Lipinski definition) is 1. The lowest BCUT2D eigenvalue weighted by molar-refractivity contribution is -0.0137. The van der Waals surface area contributed by atoms with Crippen molar-refractivity contribution in [2.24, 2.45) is 46.8 Å². The molecule has 1 nitrogen and oxygen atoms in total. The summed E-state index contributed by atoms with van der Waals surface area (Å²) >= 11 is 0. The van der Waals surface area contributed by atoms with Crippen LogP contribution in [0.5, 0.6) is 0 Å². The Bertz CT molecular complexity index is 610. The first-order chi connectivity index (χ1) is 13.8. The van der Waals surface area contributed by atoms with Crippen molar-refractivity contribution in [3.05, 3.63) is 11.1 Å². The third kappa shape index (κ3) is 3.97. The molecule has 2 saturated carbocycles. The molecule has 0 aromatic rings. The van der Waals surface area contributed by atoms with Gasteiger partial charge < -0.3 is 5.11 Å². The number of aliphatic hydroxyl groups excluding tert-OH is 1. The van der Waals surface area contributed by atoms with Gasteiger partial charge in [0.1, 0.15) is 0 Å². The Balaban J connectivity index is 1.51. The second-order valence-electron chi connectivity index (χ2n) is 11.9. The van der Waals surface area contributed by atoms with Crippen molar-refractivity contribution in [1.29, 1.82) is 0 Å². The van der Waals surface area contributed by atoms with Gasteiger partial charge in [-0.25, -0.2) is 0 Å². The fraction of sp³-hybridized carbons (Fsp3) is 0.926. The summed E-state index contributed by atoms with van der Waals surface area (Å²) in [6.45, 7) is 9.61. The van der Waals surface area contributed by atoms with E-state index in [1.54, 1.807) is 5.57 Å². The number of rotatable bonds is 6. The van der Waals surface area contributed by atoms with Gasteiger partial charge in [0.2, 0.25) is 0 Å². The normalized spacial score (nSPS) is 43.1. The summed E-state index contributed by atoms with van der Waals surface area (Å²) in [6, 6.07) is 0. The van der Waals surface area contributed by atoms with E-state index >= 15 is 0 Å². The minimum Gasteiger partial charge on any atom is -0.393 e. The molecule has 0 aromatic heterocycles. The Kier molecular flexibility index (Phi) is 6.51. The van der Waals surface area contributed by atoms with Crippen LogP contribution in [0.15, 0.2) is 11.1 Å². The van der Waals surface area contributed by atoms with Gasteiger partial charge in [-0.1, -0.05) is 58.1 Å². The number of hydrogen-bond donors (Lipinski definition) is 1. The zero-order valence-electron chi connectivity index (χ0n) is 19.4. The quantitative estimate of drug-likeness (QED) is 0.459. The van der Waals surface area contributed by atoms with Crippen molar-refractivity contribution in [1.82, 2.24) is 0 Å². The fourth-order valence-electron chi connectivity index (χ4n) is 8.52. The van der Waals surface area contributed by atoms with E-state index in [0.29, 0.717) is 17.3 Å². The number of alkyl halides is 1. The van der Waals surface area contributed by atoms with Gasteiger partial charge in [0, 0.05) is 5.92 Å². The Hall–Kier alpha value is -0.370. The molecular weight excluding hydrogens is 359 g/mol. The fourth-order valence-corrected chi connectivity index (χ4v) is 8.52. The Morgan fingerprint density at radius 2 is 1.86 bits per heavy atom. The lowest BCUT2D eigenvalue weighted by Gasteiger charge is -2.54. The average molecular weight is 405 g/mol. The molecule has 0 spiro atoms. The summed E-state index contributed by atoms with van der Waals surface area (Å²) in [5.41, 5.74) is 3.42. The van der Waals surface area contributed by atoms with Crippen LogP contribution >= 0.6 is 0 Å². The molecule has 2 unspecified atom stereocenters. The number of aliphatic hydroxyl groups is 1. The molecule has 0 aromatic carbocycles. The predicted octanol–water partition coefficient (Wildman–Crippen LogP) is 7.34. The predicted molar refractivity (Wildman–Crippen MR) is 119 cm³/mol. The second kappa shape index (κ2) is 8.64. The number of halogens is 1. The average Bonchev–Trinajstić information content (AvgIpc) is 3.04. The maximum absolute atomic E-state index is 14.1. The van der Waals surface area contributed by atoms with Gasteiger partial charge in [0.05, 0.1) is 12.8 Å². The molecule has 0 saturated heterocycles. The molecule has 0 heterocycles. The first-order valence-corrected chi connectivity index (χ1v) is 12.8. The zero-order valence-corrected chi connectivity index (χ0v) is 19.4. The van der Waals surface area contributed by atoms with Crippen molar-refractivity contribution in [2.75, 3.05) is 6.67 Å². The van der Waals surface area contributed by atoms with Crippen LogP contribution in [0.1, 0.15) is 98.3 Å². The smallest absolute Gasteiger partial charge is 0.0959 e. The van der Waals surface area contributed by atoms with E-state index in [-0.39, 0.29) is 18.7 Å². The lowest BCUT2D eigenvalue weighted by atomic mass is 9.51. The van der Waals surface area contributed by atoms with Crippen LogP contribution in [0, 0.1) is 46.8 Å². The van der Waals surface area contributed by atoms with Gasteiger partial charge in [-0.2, -0.15) is 0 Å². The van der Waals surface area contributed by atoms with Crippen LogP contribution in [-0.2, 0) is 0 Å². The zero-order chi connectivity index (χ0) is 20.8. The molecule has 4 rings (SSSR count). The van der Waals surface area contributed by atoms with E-state index in [9.17, 15) is 9.50 Å². The van der Waals surface area contributed by atoms with E-state index in [1.807, 2.05) is 0 Å². The summed E-state index contributed by atoms with van der Waals surface area (Å²) in [5, 5.41) is 10.2. The minimum atomic E-state index is -0.226. The molecule has 2 fully saturated rings. The second-order valence-corrected chi connectivity index (χ2v) is 11.9. The van der Waals surface area contributed by atoms with Crippen LogP contribution in [0.3, 0.4) is 0 Å². The van der Waals surface area contributed by atoms with Gasteiger partial charge in [-0.05, 0) is 92.3 Å². The van der Waals surface area contributed by atoms with Crippen LogP contribution in [0.2, 0.25) is 0 Å². The van der Waals surface area contributed by atoms with Crippen molar-refractivity contribution in [2.45, 2.75) is 104 Å². The molecule has 0 amide bonds. The number of fused-ring (bicyclic) bond motifs is 4. The summed E-state index contributed by atoms with van der Waals surface area (Å²) in [7, 11) is 0. The van der Waals surface area contributed by atoms with Gasteiger partial charge in [0.25, 0.3) is 0 Å². The number of allylic oxidation sites excluding steroid dienone is 1. The van der Waals surface area contributed by atoms with Crippen molar-refractivity contribution >= 4 is 0 Å². The molecular formula is C27H45FO. The van der Waals surface area contributed by atoms with Crippen LogP contribution in [0.4, 0.5) is 4.39 Å². The minimum absolute atomic E-state index is 0.103. The molecule has 29 heavy (non-hydrogen) atoms. The molecule has 1 N–H and O–H groups in total. The summed E-state index contributed by atoms with van der Waals surface area (Å²) in [5.74, 6) is 4.83. The SMILES string of the molecule is CC(C)CCC[C@@H](C)[C@H]1CC[C@H]2C3CC(CF)C4=C(CC[C@H](O)C4)[C@H]3CC[C@]12C. The molecule has 166 valence electrons. The maximum Gasteiger partial charge on any atom is 0.0959 e. The third-order valence-corrected chi connectivity index (χ3v) is 9.94.